The van der Waals surface area contributed by atoms with Gasteiger partial charge in [-0.2, -0.15) is 0 Å². The van der Waals surface area contributed by atoms with Crippen molar-refractivity contribution in [1.29, 1.82) is 0 Å². The number of benzene rings is 3. The van der Waals surface area contributed by atoms with Crippen molar-refractivity contribution < 1.29 is 14.3 Å². The van der Waals surface area contributed by atoms with Crippen LogP contribution in [0.1, 0.15) is 13.3 Å². The molecule has 0 radical (unpaired) electrons. The second kappa shape index (κ2) is 9.94. The monoisotopic (exact) mass is 389 g/mol. The number of hydrogen-bond donors (Lipinski definition) is 3. The third kappa shape index (κ3) is 6.70. The molecule has 0 aromatic heterocycles. The van der Waals surface area contributed by atoms with Crippen molar-refractivity contribution in [2.24, 2.45) is 0 Å². The summed E-state index contributed by atoms with van der Waals surface area (Å²) in [6, 6.07) is 24.2. The molecule has 0 saturated heterocycles. The van der Waals surface area contributed by atoms with Crippen LogP contribution in [0.25, 0.3) is 0 Å². The normalized spacial score (nSPS) is 10.1. The summed E-state index contributed by atoms with van der Waals surface area (Å²) in [6.07, 6.45) is 0.329. The molecule has 0 bridgehead atoms. The van der Waals surface area contributed by atoms with Crippen molar-refractivity contribution in [2.45, 2.75) is 13.3 Å². The van der Waals surface area contributed by atoms with Gasteiger partial charge in [-0.25, -0.2) is 0 Å². The lowest BCUT2D eigenvalue weighted by molar-refractivity contribution is -0.116. The Labute approximate surface area is 169 Å². The Kier molecular flexibility index (Phi) is 6.84. The minimum atomic E-state index is -0.132. The molecule has 0 atom stereocenters. The average Bonchev–Trinajstić information content (AvgIpc) is 2.71. The van der Waals surface area contributed by atoms with E-state index in [2.05, 4.69) is 16.0 Å². The summed E-state index contributed by atoms with van der Waals surface area (Å²) in [6.45, 7) is 1.96. The van der Waals surface area contributed by atoms with Gasteiger partial charge in [-0.15, -0.1) is 0 Å². The van der Waals surface area contributed by atoms with E-state index in [1.165, 1.54) is 6.92 Å². The number of nitrogens with one attached hydrogen (secondary N) is 3. The van der Waals surface area contributed by atoms with Crippen LogP contribution in [0.4, 0.5) is 17.1 Å². The molecule has 0 unspecified atom stereocenters. The fourth-order valence-electron chi connectivity index (χ4n) is 2.65. The topological polar surface area (TPSA) is 79.5 Å². The molecule has 6 nitrogen and oxygen atoms in total. The lowest BCUT2D eigenvalue weighted by atomic mass is 10.2. The summed E-state index contributed by atoms with van der Waals surface area (Å²) in [4.78, 5) is 23.1. The molecule has 0 fully saturated rings. The first kappa shape index (κ1) is 19.9. The average molecular weight is 389 g/mol. The van der Waals surface area contributed by atoms with Gasteiger partial charge in [0.05, 0.1) is 0 Å². The maximum Gasteiger partial charge on any atom is 0.226 e. The van der Waals surface area contributed by atoms with E-state index in [-0.39, 0.29) is 11.8 Å². The van der Waals surface area contributed by atoms with Gasteiger partial charge in [0.2, 0.25) is 11.8 Å². The van der Waals surface area contributed by atoms with E-state index in [1.54, 1.807) is 24.3 Å². The van der Waals surface area contributed by atoms with E-state index in [4.69, 9.17) is 4.74 Å². The zero-order valence-electron chi connectivity index (χ0n) is 16.1. The summed E-state index contributed by atoms with van der Waals surface area (Å²) in [5, 5.41) is 8.74. The van der Waals surface area contributed by atoms with Gasteiger partial charge in [0, 0.05) is 37.0 Å². The summed E-state index contributed by atoms with van der Waals surface area (Å²) in [5.74, 6) is 1.32. The number of ether oxygens (including phenoxy) is 1. The maximum atomic E-state index is 12.1. The molecule has 3 N–H and O–H groups in total. The van der Waals surface area contributed by atoms with Crippen LogP contribution in [0.15, 0.2) is 78.9 Å². The highest BCUT2D eigenvalue weighted by Crippen LogP contribution is 2.22. The Morgan fingerprint density at radius 2 is 1.28 bits per heavy atom. The number of anilines is 3. The fourth-order valence-corrected chi connectivity index (χ4v) is 2.65. The first-order chi connectivity index (χ1) is 14.1. The van der Waals surface area contributed by atoms with Crippen molar-refractivity contribution in [3.8, 4) is 11.5 Å². The van der Waals surface area contributed by atoms with Gasteiger partial charge >= 0.3 is 0 Å². The Morgan fingerprint density at radius 3 is 1.90 bits per heavy atom. The first-order valence-electron chi connectivity index (χ1n) is 9.33. The predicted octanol–water partition coefficient (Wildman–Crippen LogP) is 4.88. The van der Waals surface area contributed by atoms with E-state index < -0.39 is 0 Å². The van der Waals surface area contributed by atoms with Crippen LogP contribution >= 0.6 is 0 Å². The zero-order valence-corrected chi connectivity index (χ0v) is 16.1. The standard InChI is InChI=1S/C23H23N3O3/c1-17(27)25-19-7-9-20(10-8-19)26-23(28)15-16-24-18-11-13-22(14-12-18)29-21-5-3-2-4-6-21/h2-14,24H,15-16H2,1H3,(H,25,27)(H,26,28). The summed E-state index contributed by atoms with van der Waals surface area (Å²) < 4.78 is 5.76. The molecule has 29 heavy (non-hydrogen) atoms. The second-order valence-corrected chi connectivity index (χ2v) is 6.42. The number of para-hydroxylation sites is 1. The minimum Gasteiger partial charge on any atom is -0.457 e. The van der Waals surface area contributed by atoms with Gasteiger partial charge in [0.15, 0.2) is 0 Å². The van der Waals surface area contributed by atoms with Crippen LogP contribution in [-0.4, -0.2) is 18.4 Å². The molecule has 0 spiro atoms. The molecule has 0 saturated carbocycles. The maximum absolute atomic E-state index is 12.1. The lowest BCUT2D eigenvalue weighted by Gasteiger charge is -2.10. The second-order valence-electron chi connectivity index (χ2n) is 6.42. The molecule has 148 valence electrons. The number of carbonyl (C=O) groups excluding carboxylic acids is 2. The highest BCUT2D eigenvalue weighted by molar-refractivity contribution is 5.92. The SMILES string of the molecule is CC(=O)Nc1ccc(NC(=O)CCNc2ccc(Oc3ccccc3)cc2)cc1. The highest BCUT2D eigenvalue weighted by Gasteiger charge is 2.04. The van der Waals surface area contributed by atoms with Crippen LogP contribution in [0.2, 0.25) is 0 Å². The first-order valence-corrected chi connectivity index (χ1v) is 9.33. The molecule has 0 aliphatic carbocycles. The number of hydrogen-bond acceptors (Lipinski definition) is 4. The van der Waals surface area contributed by atoms with Crippen molar-refractivity contribution in [1.82, 2.24) is 0 Å². The molecule has 3 rings (SSSR count). The summed E-state index contributed by atoms with van der Waals surface area (Å²) in [5.41, 5.74) is 2.29. The van der Waals surface area contributed by atoms with Gasteiger partial charge in [-0.05, 0) is 60.7 Å². The molecule has 6 heteroatoms. The molecule has 0 heterocycles. The molecule has 0 aliphatic heterocycles. The Morgan fingerprint density at radius 1 is 0.724 bits per heavy atom. The van der Waals surface area contributed by atoms with Crippen molar-refractivity contribution >= 4 is 28.9 Å². The van der Waals surface area contributed by atoms with Crippen molar-refractivity contribution in [2.75, 3.05) is 22.5 Å². The van der Waals surface area contributed by atoms with E-state index in [1.807, 2.05) is 54.6 Å². The van der Waals surface area contributed by atoms with E-state index in [0.717, 1.165) is 17.2 Å². The molecule has 0 aliphatic rings. The van der Waals surface area contributed by atoms with Crippen LogP contribution in [0.3, 0.4) is 0 Å². The van der Waals surface area contributed by atoms with E-state index >= 15 is 0 Å². The third-order valence-corrected chi connectivity index (χ3v) is 4.00. The number of rotatable bonds is 8. The zero-order chi connectivity index (χ0) is 20.5. The Balaban J connectivity index is 1.41. The largest absolute Gasteiger partial charge is 0.457 e. The van der Waals surface area contributed by atoms with Gasteiger partial charge < -0.3 is 20.7 Å². The predicted molar refractivity (Wildman–Crippen MR) is 115 cm³/mol. The Bertz CT molecular complexity index is 939. The smallest absolute Gasteiger partial charge is 0.226 e. The van der Waals surface area contributed by atoms with Gasteiger partial charge in [-0.1, -0.05) is 18.2 Å². The molecular weight excluding hydrogens is 366 g/mol. The number of carbonyl (C=O) groups is 2. The van der Waals surface area contributed by atoms with E-state index in [9.17, 15) is 9.59 Å². The van der Waals surface area contributed by atoms with Crippen LogP contribution in [-0.2, 0) is 9.59 Å². The van der Waals surface area contributed by atoms with Crippen LogP contribution in [0, 0.1) is 0 Å². The molecular formula is C23H23N3O3. The van der Waals surface area contributed by atoms with Crippen LogP contribution in [0.5, 0.6) is 11.5 Å². The van der Waals surface area contributed by atoms with E-state index in [0.29, 0.717) is 24.3 Å². The number of amides is 2. The Hall–Kier alpha value is -3.80. The van der Waals surface area contributed by atoms with Gasteiger partial charge in [-0.3, -0.25) is 9.59 Å². The third-order valence-electron chi connectivity index (χ3n) is 4.00. The van der Waals surface area contributed by atoms with Crippen LogP contribution < -0.4 is 20.7 Å². The minimum absolute atomic E-state index is 0.0891. The lowest BCUT2D eigenvalue weighted by Crippen LogP contribution is -2.16. The van der Waals surface area contributed by atoms with Gasteiger partial charge in [0.1, 0.15) is 11.5 Å². The van der Waals surface area contributed by atoms with Crippen molar-refractivity contribution in [3.63, 3.8) is 0 Å². The fraction of sp³-hybridized carbons (Fsp3) is 0.130. The highest BCUT2D eigenvalue weighted by atomic mass is 16.5. The summed E-state index contributed by atoms with van der Waals surface area (Å²) in [7, 11) is 0. The molecule has 2 amide bonds. The van der Waals surface area contributed by atoms with Gasteiger partial charge in [0.25, 0.3) is 0 Å². The summed E-state index contributed by atoms with van der Waals surface area (Å²) >= 11 is 0. The molecule has 3 aromatic rings. The molecule has 3 aromatic carbocycles. The van der Waals surface area contributed by atoms with Crippen molar-refractivity contribution in [3.05, 3.63) is 78.9 Å². The quantitative estimate of drug-likeness (QED) is 0.513.